The average Bonchev–Trinajstić information content (AvgIpc) is 1.84. The largest absolute Gasteiger partial charge is 0.773 e. The van der Waals surface area contributed by atoms with E-state index < -0.39 is 19.2 Å². The van der Waals surface area contributed by atoms with E-state index in [-0.39, 0.29) is 6.61 Å². The molecule has 0 amide bonds. The summed E-state index contributed by atoms with van der Waals surface area (Å²) < 4.78 is 14.7. The third-order valence-electron chi connectivity index (χ3n) is 0.871. The molecular weight excluding hydrogens is 171 g/mol. The Morgan fingerprint density at radius 1 is 1.82 bits per heavy atom. The highest BCUT2D eigenvalue weighted by Gasteiger charge is 2.15. The van der Waals surface area contributed by atoms with E-state index in [1.165, 1.54) is 6.92 Å². The van der Waals surface area contributed by atoms with Crippen LogP contribution in [-0.2, 0) is 13.9 Å². The molecule has 0 saturated heterocycles. The Kier molecular flexibility index (Phi) is 3.89. The molecule has 2 atom stereocenters. The molecule has 66 valence electrons. The van der Waals surface area contributed by atoms with E-state index in [1.54, 1.807) is 0 Å². The number of aliphatic hydroxyl groups is 1. The highest BCUT2D eigenvalue weighted by molar-refractivity contribution is 7.69. The maximum absolute atomic E-state index is 10.6. The summed E-state index contributed by atoms with van der Waals surface area (Å²) in [4.78, 5) is 20.9. The minimum Gasteiger partial charge on any atom is -0.773 e. The summed E-state index contributed by atoms with van der Waals surface area (Å²) in [6.07, 6.45) is -0.892. The fraction of sp³-hybridized carbons (Fsp3) is 0.800. The quantitative estimate of drug-likeness (QED) is 0.590. The molecule has 0 fully saturated rings. The fourth-order valence-corrected chi connectivity index (χ4v) is 0.891. The molecular formula is C5H10O5P-. The standard InChI is InChI=1S/C5H11O5P/c1-4(6)3-10-11(8,9)5(2)7/h4,6H,3H2,1-2H3,(H,8,9)/p-1. The normalized spacial score (nSPS) is 18.9. The Labute approximate surface area is 64.5 Å². The predicted molar refractivity (Wildman–Crippen MR) is 35.9 cm³/mol. The summed E-state index contributed by atoms with van der Waals surface area (Å²) in [5.41, 5.74) is -1.03. The van der Waals surface area contributed by atoms with Crippen LogP contribution >= 0.6 is 7.60 Å². The second-order valence-electron chi connectivity index (χ2n) is 2.16. The molecule has 0 saturated carbocycles. The van der Waals surface area contributed by atoms with Crippen LogP contribution in [0.15, 0.2) is 0 Å². The molecule has 6 heteroatoms. The van der Waals surface area contributed by atoms with E-state index in [2.05, 4.69) is 4.52 Å². The van der Waals surface area contributed by atoms with E-state index in [4.69, 9.17) is 5.11 Å². The number of carbonyl (C=O) groups is 1. The van der Waals surface area contributed by atoms with Crippen molar-refractivity contribution < 1.29 is 23.9 Å². The molecule has 1 N–H and O–H groups in total. The lowest BCUT2D eigenvalue weighted by atomic mass is 10.5. The first kappa shape index (κ1) is 10.8. The molecule has 0 aromatic rings. The molecule has 0 heterocycles. The van der Waals surface area contributed by atoms with Gasteiger partial charge in [0.05, 0.1) is 12.7 Å². The van der Waals surface area contributed by atoms with E-state index in [9.17, 15) is 14.3 Å². The molecule has 5 nitrogen and oxygen atoms in total. The fourth-order valence-electron chi connectivity index (χ4n) is 0.297. The molecule has 0 spiro atoms. The summed E-state index contributed by atoms with van der Waals surface area (Å²) in [5, 5.41) is 8.60. The van der Waals surface area contributed by atoms with Gasteiger partial charge in [-0.25, -0.2) is 0 Å². The van der Waals surface area contributed by atoms with E-state index in [0.717, 1.165) is 6.92 Å². The van der Waals surface area contributed by atoms with E-state index in [1.807, 2.05) is 0 Å². The lowest BCUT2D eigenvalue weighted by Crippen LogP contribution is -2.17. The maximum atomic E-state index is 10.6. The SMILES string of the molecule is CC(=O)P(=O)([O-])OCC(C)O. The zero-order valence-corrected chi connectivity index (χ0v) is 7.21. The van der Waals surface area contributed by atoms with Crippen molar-refractivity contribution in [3.63, 3.8) is 0 Å². The number of aliphatic hydroxyl groups excluding tert-OH is 1. The Morgan fingerprint density at radius 3 is 2.55 bits per heavy atom. The number of hydrogen-bond acceptors (Lipinski definition) is 5. The third kappa shape index (κ3) is 4.27. The lowest BCUT2D eigenvalue weighted by Gasteiger charge is -2.20. The maximum Gasteiger partial charge on any atom is 0.200 e. The average molecular weight is 181 g/mol. The molecule has 0 aliphatic heterocycles. The van der Waals surface area contributed by atoms with Gasteiger partial charge < -0.3 is 19.1 Å². The second-order valence-corrected chi connectivity index (χ2v) is 4.04. The topological polar surface area (TPSA) is 86.7 Å². The van der Waals surface area contributed by atoms with Crippen molar-refractivity contribution in [1.29, 1.82) is 0 Å². The van der Waals surface area contributed by atoms with Crippen LogP contribution in [0.5, 0.6) is 0 Å². The van der Waals surface area contributed by atoms with Crippen LogP contribution in [0, 0.1) is 0 Å². The molecule has 0 rings (SSSR count). The van der Waals surface area contributed by atoms with Crippen LogP contribution in [0.3, 0.4) is 0 Å². The molecule has 0 radical (unpaired) electrons. The Balaban J connectivity index is 3.94. The number of hydrogen-bond donors (Lipinski definition) is 1. The molecule has 0 aromatic heterocycles. The van der Waals surface area contributed by atoms with E-state index in [0.29, 0.717) is 0 Å². The van der Waals surface area contributed by atoms with Gasteiger partial charge in [0.1, 0.15) is 0 Å². The molecule has 0 aliphatic rings. The molecule has 0 bridgehead atoms. The summed E-state index contributed by atoms with van der Waals surface area (Å²) in [7, 11) is -4.37. The second kappa shape index (κ2) is 3.97. The monoisotopic (exact) mass is 181 g/mol. The van der Waals surface area contributed by atoms with Crippen molar-refractivity contribution in [3.05, 3.63) is 0 Å². The van der Waals surface area contributed by atoms with Crippen LogP contribution in [0.4, 0.5) is 0 Å². The summed E-state index contributed by atoms with van der Waals surface area (Å²) in [6.45, 7) is 1.89. The lowest BCUT2D eigenvalue weighted by molar-refractivity contribution is -0.201. The molecule has 11 heavy (non-hydrogen) atoms. The Bertz CT molecular complexity index is 187. The first-order chi connectivity index (χ1) is 4.86. The first-order valence-corrected chi connectivity index (χ1v) is 4.55. The van der Waals surface area contributed by atoms with Gasteiger partial charge in [-0.1, -0.05) is 0 Å². The zero-order chi connectivity index (χ0) is 9.07. The van der Waals surface area contributed by atoms with E-state index >= 15 is 0 Å². The van der Waals surface area contributed by atoms with Gasteiger partial charge in [0.15, 0.2) is 0 Å². The van der Waals surface area contributed by atoms with Gasteiger partial charge in [0.25, 0.3) is 0 Å². The molecule has 2 unspecified atom stereocenters. The van der Waals surface area contributed by atoms with Crippen LogP contribution in [-0.4, -0.2) is 23.3 Å². The van der Waals surface area contributed by atoms with Crippen molar-refractivity contribution in [1.82, 2.24) is 0 Å². The van der Waals surface area contributed by atoms with Crippen LogP contribution < -0.4 is 4.89 Å². The highest BCUT2D eigenvalue weighted by Crippen LogP contribution is 2.37. The van der Waals surface area contributed by atoms with Crippen molar-refractivity contribution in [3.8, 4) is 0 Å². The minimum atomic E-state index is -4.37. The van der Waals surface area contributed by atoms with Crippen molar-refractivity contribution >= 4 is 13.1 Å². The first-order valence-electron chi connectivity index (χ1n) is 3.01. The number of rotatable bonds is 4. The molecule has 0 aliphatic carbocycles. The third-order valence-corrected chi connectivity index (χ3v) is 2.13. The van der Waals surface area contributed by atoms with Crippen molar-refractivity contribution in [2.24, 2.45) is 0 Å². The van der Waals surface area contributed by atoms with Gasteiger partial charge in [-0.15, -0.1) is 0 Å². The van der Waals surface area contributed by atoms with Gasteiger partial charge in [-0.05, 0) is 6.92 Å². The van der Waals surface area contributed by atoms with Crippen LogP contribution in [0.2, 0.25) is 0 Å². The van der Waals surface area contributed by atoms with Gasteiger partial charge >= 0.3 is 0 Å². The van der Waals surface area contributed by atoms with Crippen LogP contribution in [0.25, 0.3) is 0 Å². The minimum absolute atomic E-state index is 0.375. The Hall–Kier alpha value is -0.220. The molecule has 0 aromatic carbocycles. The van der Waals surface area contributed by atoms with Crippen molar-refractivity contribution in [2.75, 3.05) is 6.61 Å². The summed E-state index contributed by atoms with van der Waals surface area (Å²) >= 11 is 0. The smallest absolute Gasteiger partial charge is 0.200 e. The Morgan fingerprint density at radius 2 is 2.27 bits per heavy atom. The van der Waals surface area contributed by atoms with Gasteiger partial charge in [-0.3, -0.25) is 4.79 Å². The van der Waals surface area contributed by atoms with Gasteiger partial charge in [0, 0.05) is 6.92 Å². The predicted octanol–water partition coefficient (Wildman–Crippen LogP) is -0.516. The summed E-state index contributed by atoms with van der Waals surface area (Å²) in [6, 6.07) is 0. The number of carbonyl (C=O) groups excluding carboxylic acids is 1. The highest BCUT2D eigenvalue weighted by atomic mass is 31.2. The van der Waals surface area contributed by atoms with Crippen molar-refractivity contribution in [2.45, 2.75) is 20.0 Å². The van der Waals surface area contributed by atoms with Gasteiger partial charge in [0.2, 0.25) is 13.1 Å². The zero-order valence-electron chi connectivity index (χ0n) is 6.31. The van der Waals surface area contributed by atoms with Gasteiger partial charge in [-0.2, -0.15) is 0 Å². The van der Waals surface area contributed by atoms with Crippen LogP contribution in [0.1, 0.15) is 13.8 Å². The summed E-state index contributed by atoms with van der Waals surface area (Å²) in [5.74, 6) is 0.